The van der Waals surface area contributed by atoms with Crippen molar-refractivity contribution < 1.29 is 4.79 Å². The smallest absolute Gasteiger partial charge is 0.255 e. The quantitative estimate of drug-likeness (QED) is 0.695. The van der Waals surface area contributed by atoms with E-state index in [0.717, 1.165) is 29.1 Å². The van der Waals surface area contributed by atoms with Gasteiger partial charge >= 0.3 is 0 Å². The number of hydrogen-bond donors (Lipinski definition) is 0. The molecule has 4 rings (SSSR count). The molecule has 5 nitrogen and oxygen atoms in total. The minimum absolute atomic E-state index is 0.0469. The zero-order valence-electron chi connectivity index (χ0n) is 14.7. The van der Waals surface area contributed by atoms with Crippen LogP contribution in [0.25, 0.3) is 11.4 Å². The van der Waals surface area contributed by atoms with Gasteiger partial charge in [-0.05, 0) is 37.1 Å². The topological polar surface area (TPSA) is 51.0 Å². The first-order valence-electron chi connectivity index (χ1n) is 8.57. The van der Waals surface area contributed by atoms with E-state index >= 15 is 0 Å². The SMILES string of the molecule is Cc1cccc(C(=O)N2CCc3c(nn(C)c3-c3ccccn3)C2)c1Cl. The fourth-order valence-electron chi connectivity index (χ4n) is 3.50. The summed E-state index contributed by atoms with van der Waals surface area (Å²) in [6, 6.07) is 11.4. The van der Waals surface area contributed by atoms with Crippen LogP contribution >= 0.6 is 11.6 Å². The van der Waals surface area contributed by atoms with Gasteiger partial charge in [-0.1, -0.05) is 29.8 Å². The highest BCUT2D eigenvalue weighted by atomic mass is 35.5. The molecule has 26 heavy (non-hydrogen) atoms. The lowest BCUT2D eigenvalue weighted by Gasteiger charge is -2.27. The minimum atomic E-state index is -0.0469. The summed E-state index contributed by atoms with van der Waals surface area (Å²) in [5.41, 5.74) is 5.50. The molecule has 0 atom stereocenters. The molecule has 3 heterocycles. The van der Waals surface area contributed by atoms with E-state index < -0.39 is 0 Å². The van der Waals surface area contributed by atoms with Gasteiger partial charge in [-0.2, -0.15) is 5.10 Å². The Morgan fingerprint density at radius 2 is 2.04 bits per heavy atom. The maximum atomic E-state index is 12.9. The second kappa shape index (κ2) is 6.57. The number of aromatic nitrogens is 3. The number of amides is 1. The summed E-state index contributed by atoms with van der Waals surface area (Å²) in [6.45, 7) is 3.03. The van der Waals surface area contributed by atoms with Crippen LogP contribution < -0.4 is 0 Å². The highest BCUT2D eigenvalue weighted by molar-refractivity contribution is 6.34. The highest BCUT2D eigenvalue weighted by Crippen LogP contribution is 2.30. The Bertz CT molecular complexity index is 981. The fourth-order valence-corrected chi connectivity index (χ4v) is 3.71. The van der Waals surface area contributed by atoms with Crippen molar-refractivity contribution in [1.82, 2.24) is 19.7 Å². The van der Waals surface area contributed by atoms with Crippen molar-refractivity contribution >= 4 is 17.5 Å². The molecule has 3 aromatic rings. The van der Waals surface area contributed by atoms with Crippen LogP contribution in [0, 0.1) is 6.92 Å². The first-order valence-corrected chi connectivity index (χ1v) is 8.94. The molecule has 1 aliphatic rings. The lowest BCUT2D eigenvalue weighted by atomic mass is 10.0. The minimum Gasteiger partial charge on any atom is -0.332 e. The van der Waals surface area contributed by atoms with Crippen molar-refractivity contribution in [3.05, 3.63) is 70.0 Å². The molecule has 2 aromatic heterocycles. The van der Waals surface area contributed by atoms with Crippen LogP contribution in [-0.2, 0) is 20.0 Å². The molecular formula is C20H19ClN4O. The van der Waals surface area contributed by atoms with E-state index in [1.165, 1.54) is 5.56 Å². The molecule has 0 radical (unpaired) electrons. The molecule has 0 fully saturated rings. The van der Waals surface area contributed by atoms with E-state index in [9.17, 15) is 4.79 Å². The van der Waals surface area contributed by atoms with Crippen molar-refractivity contribution in [3.63, 3.8) is 0 Å². The van der Waals surface area contributed by atoms with Crippen molar-refractivity contribution in [1.29, 1.82) is 0 Å². The first-order chi connectivity index (χ1) is 12.6. The third-order valence-corrected chi connectivity index (χ3v) is 5.32. The third-order valence-electron chi connectivity index (χ3n) is 4.82. The van der Waals surface area contributed by atoms with Gasteiger partial charge in [0.05, 0.1) is 34.2 Å². The summed E-state index contributed by atoms with van der Waals surface area (Å²) >= 11 is 6.34. The average molecular weight is 367 g/mol. The maximum absolute atomic E-state index is 12.9. The largest absolute Gasteiger partial charge is 0.332 e. The Morgan fingerprint density at radius 3 is 2.81 bits per heavy atom. The zero-order chi connectivity index (χ0) is 18.3. The summed E-state index contributed by atoms with van der Waals surface area (Å²) in [4.78, 5) is 19.2. The molecule has 0 bridgehead atoms. The van der Waals surface area contributed by atoms with Gasteiger partial charge in [0.25, 0.3) is 5.91 Å². The van der Waals surface area contributed by atoms with E-state index in [1.807, 2.05) is 53.9 Å². The monoisotopic (exact) mass is 366 g/mol. The number of carbonyl (C=O) groups is 1. The van der Waals surface area contributed by atoms with Crippen molar-refractivity contribution in [2.75, 3.05) is 6.54 Å². The van der Waals surface area contributed by atoms with Crippen LogP contribution in [-0.4, -0.2) is 32.1 Å². The van der Waals surface area contributed by atoms with E-state index in [1.54, 1.807) is 12.3 Å². The second-order valence-corrected chi connectivity index (χ2v) is 6.90. The summed E-state index contributed by atoms with van der Waals surface area (Å²) in [6.07, 6.45) is 2.54. The van der Waals surface area contributed by atoms with Crippen LogP contribution in [0.3, 0.4) is 0 Å². The summed E-state index contributed by atoms with van der Waals surface area (Å²) < 4.78 is 1.86. The number of fused-ring (bicyclic) bond motifs is 1. The molecule has 0 saturated heterocycles. The Kier molecular flexibility index (Phi) is 4.24. The predicted molar refractivity (Wildman–Crippen MR) is 101 cm³/mol. The molecule has 1 amide bonds. The number of aryl methyl sites for hydroxylation is 2. The van der Waals surface area contributed by atoms with Crippen LogP contribution in [0.4, 0.5) is 0 Å². The average Bonchev–Trinajstić information content (AvgIpc) is 2.99. The number of benzene rings is 1. The number of halogens is 1. The highest BCUT2D eigenvalue weighted by Gasteiger charge is 2.28. The number of rotatable bonds is 2. The lowest BCUT2D eigenvalue weighted by molar-refractivity contribution is 0.0732. The zero-order valence-corrected chi connectivity index (χ0v) is 15.5. The second-order valence-electron chi connectivity index (χ2n) is 6.53. The Hall–Kier alpha value is -2.66. The Balaban J connectivity index is 1.65. The van der Waals surface area contributed by atoms with Crippen LogP contribution in [0.2, 0.25) is 5.02 Å². The van der Waals surface area contributed by atoms with Gasteiger partial charge in [0, 0.05) is 25.4 Å². The van der Waals surface area contributed by atoms with Crippen LogP contribution in [0.15, 0.2) is 42.6 Å². The van der Waals surface area contributed by atoms with Crippen molar-refractivity contribution in [2.45, 2.75) is 19.9 Å². The number of pyridine rings is 1. The molecule has 0 N–H and O–H groups in total. The molecular weight excluding hydrogens is 348 g/mol. The molecule has 1 aliphatic heterocycles. The van der Waals surface area contributed by atoms with E-state index in [2.05, 4.69) is 10.1 Å². The normalized spacial score (nSPS) is 13.6. The predicted octanol–water partition coefficient (Wildman–Crippen LogP) is 3.64. The van der Waals surface area contributed by atoms with Crippen molar-refractivity contribution in [3.8, 4) is 11.4 Å². The van der Waals surface area contributed by atoms with Gasteiger partial charge in [-0.25, -0.2) is 0 Å². The van der Waals surface area contributed by atoms with Crippen LogP contribution in [0.5, 0.6) is 0 Å². The Labute approximate surface area is 157 Å². The molecule has 0 spiro atoms. The molecule has 6 heteroatoms. The van der Waals surface area contributed by atoms with E-state index in [4.69, 9.17) is 11.6 Å². The summed E-state index contributed by atoms with van der Waals surface area (Å²) in [5.74, 6) is -0.0469. The van der Waals surface area contributed by atoms with Gasteiger partial charge in [0.2, 0.25) is 0 Å². The first kappa shape index (κ1) is 16.8. The number of carbonyl (C=O) groups excluding carboxylic acids is 1. The van der Waals surface area contributed by atoms with Gasteiger partial charge in [-0.15, -0.1) is 0 Å². The van der Waals surface area contributed by atoms with Gasteiger partial charge < -0.3 is 4.90 Å². The summed E-state index contributed by atoms with van der Waals surface area (Å²) in [5, 5.41) is 5.17. The van der Waals surface area contributed by atoms with Crippen LogP contribution in [0.1, 0.15) is 27.2 Å². The standard InChI is InChI=1S/C20H19ClN4O/c1-13-6-5-7-15(18(13)21)20(26)25-11-9-14-17(12-25)23-24(2)19(14)16-8-3-4-10-22-16/h3-8,10H,9,11-12H2,1-2H3. The fraction of sp³-hybridized carbons (Fsp3) is 0.250. The molecule has 0 aliphatic carbocycles. The van der Waals surface area contributed by atoms with Crippen molar-refractivity contribution in [2.24, 2.45) is 7.05 Å². The third kappa shape index (κ3) is 2.78. The number of hydrogen-bond acceptors (Lipinski definition) is 3. The number of nitrogens with zero attached hydrogens (tertiary/aromatic N) is 4. The van der Waals surface area contributed by atoms with E-state index in [-0.39, 0.29) is 5.91 Å². The maximum Gasteiger partial charge on any atom is 0.255 e. The Morgan fingerprint density at radius 1 is 1.19 bits per heavy atom. The molecule has 132 valence electrons. The molecule has 1 aromatic carbocycles. The van der Waals surface area contributed by atoms with E-state index in [0.29, 0.717) is 23.7 Å². The van der Waals surface area contributed by atoms with Gasteiger partial charge in [0.1, 0.15) is 0 Å². The van der Waals surface area contributed by atoms with Gasteiger partial charge in [0.15, 0.2) is 0 Å². The lowest BCUT2D eigenvalue weighted by Crippen LogP contribution is -2.36. The molecule has 0 unspecified atom stereocenters. The van der Waals surface area contributed by atoms with Gasteiger partial charge in [-0.3, -0.25) is 14.5 Å². The molecule has 0 saturated carbocycles. The summed E-state index contributed by atoms with van der Waals surface area (Å²) in [7, 11) is 1.92.